The van der Waals surface area contributed by atoms with Crippen molar-refractivity contribution < 1.29 is 19.3 Å². The number of carbonyl (C=O) groups excluding carboxylic acids is 1. The third-order valence-corrected chi connectivity index (χ3v) is 4.41. The molecule has 1 heterocycles. The van der Waals surface area contributed by atoms with Crippen molar-refractivity contribution in [1.82, 2.24) is 5.32 Å². The highest BCUT2D eigenvalue weighted by Crippen LogP contribution is 2.29. The van der Waals surface area contributed by atoms with Crippen LogP contribution in [0.15, 0.2) is 23.4 Å². The first-order valence-electron chi connectivity index (χ1n) is 8.94. The minimum absolute atomic E-state index is 0.00403. The van der Waals surface area contributed by atoms with Crippen LogP contribution in [0.3, 0.4) is 0 Å². The number of oxime groups is 1. The number of nitro groups is 1. The second kappa shape index (κ2) is 9.86. The molecule has 1 aliphatic heterocycles. The normalized spacial score (nSPS) is 15.8. The monoisotopic (exact) mass is 378 g/mol. The molecule has 9 heteroatoms. The lowest BCUT2D eigenvalue weighted by Gasteiger charge is -2.28. The number of nitrogens with zero attached hydrogens (tertiary/aromatic N) is 3. The van der Waals surface area contributed by atoms with E-state index in [0.29, 0.717) is 43.5 Å². The third-order valence-electron chi connectivity index (χ3n) is 4.41. The second-order valence-electron chi connectivity index (χ2n) is 6.71. The van der Waals surface area contributed by atoms with Crippen molar-refractivity contribution in [3.63, 3.8) is 0 Å². The van der Waals surface area contributed by atoms with Crippen molar-refractivity contribution in [1.29, 1.82) is 0 Å². The van der Waals surface area contributed by atoms with Gasteiger partial charge >= 0.3 is 0 Å². The summed E-state index contributed by atoms with van der Waals surface area (Å²) in [5.41, 5.74) is 1.09. The van der Waals surface area contributed by atoms with E-state index in [0.717, 1.165) is 0 Å². The number of carbonyl (C=O) groups is 1. The summed E-state index contributed by atoms with van der Waals surface area (Å²) in [5, 5.41) is 17.9. The van der Waals surface area contributed by atoms with Gasteiger partial charge in [-0.05, 0) is 18.9 Å². The highest BCUT2D eigenvalue weighted by Gasteiger charge is 2.21. The van der Waals surface area contributed by atoms with Gasteiger partial charge in [-0.1, -0.05) is 25.1 Å². The van der Waals surface area contributed by atoms with Gasteiger partial charge in [0, 0.05) is 30.8 Å². The van der Waals surface area contributed by atoms with Crippen LogP contribution in [-0.4, -0.2) is 56.0 Å². The Morgan fingerprint density at radius 1 is 1.41 bits per heavy atom. The molecule has 0 bridgehead atoms. The van der Waals surface area contributed by atoms with Gasteiger partial charge in [-0.15, -0.1) is 0 Å². The van der Waals surface area contributed by atoms with Crippen molar-refractivity contribution in [2.75, 3.05) is 37.8 Å². The lowest BCUT2D eigenvalue weighted by Crippen LogP contribution is -2.38. The van der Waals surface area contributed by atoms with Gasteiger partial charge in [0.2, 0.25) is 0 Å². The number of anilines is 1. The fraction of sp³-hybridized carbons (Fsp3) is 0.556. The summed E-state index contributed by atoms with van der Waals surface area (Å²) in [5.74, 6) is 0.0602. The third kappa shape index (κ3) is 6.21. The van der Waals surface area contributed by atoms with Crippen molar-refractivity contribution in [3.05, 3.63) is 33.9 Å². The van der Waals surface area contributed by atoms with E-state index in [1.165, 1.54) is 12.3 Å². The van der Waals surface area contributed by atoms with Gasteiger partial charge in [0.1, 0.15) is 5.69 Å². The molecule has 0 spiro atoms. The molecular formula is C18H26N4O5. The second-order valence-corrected chi connectivity index (χ2v) is 6.71. The van der Waals surface area contributed by atoms with E-state index in [1.54, 1.807) is 12.1 Å². The highest BCUT2D eigenvalue weighted by molar-refractivity contribution is 5.83. The molecule has 2 rings (SSSR count). The van der Waals surface area contributed by atoms with Crippen LogP contribution >= 0.6 is 0 Å². The molecule has 27 heavy (non-hydrogen) atoms. The summed E-state index contributed by atoms with van der Waals surface area (Å²) in [7, 11) is 0. The average molecular weight is 378 g/mol. The fourth-order valence-corrected chi connectivity index (χ4v) is 2.49. The van der Waals surface area contributed by atoms with Crippen molar-refractivity contribution in [2.24, 2.45) is 11.1 Å². The quantitative estimate of drug-likeness (QED) is 0.421. The molecule has 1 fully saturated rings. The van der Waals surface area contributed by atoms with Gasteiger partial charge in [-0.3, -0.25) is 14.9 Å². The Morgan fingerprint density at radius 3 is 2.74 bits per heavy atom. The van der Waals surface area contributed by atoms with Crippen LogP contribution in [-0.2, 0) is 14.4 Å². The van der Waals surface area contributed by atoms with Crippen LogP contribution < -0.4 is 10.2 Å². The van der Waals surface area contributed by atoms with Crippen molar-refractivity contribution >= 4 is 23.5 Å². The lowest BCUT2D eigenvalue weighted by atomic mass is 10.1. The topological polar surface area (TPSA) is 106 Å². The van der Waals surface area contributed by atoms with Crippen LogP contribution in [0.25, 0.3) is 0 Å². The maximum atomic E-state index is 11.7. The maximum absolute atomic E-state index is 11.7. The molecular weight excluding hydrogens is 352 g/mol. The van der Waals surface area contributed by atoms with Crippen LogP contribution in [0.4, 0.5) is 11.4 Å². The van der Waals surface area contributed by atoms with Crippen molar-refractivity contribution in [3.8, 4) is 0 Å². The number of hydrogen-bond acceptors (Lipinski definition) is 7. The average Bonchev–Trinajstić information content (AvgIpc) is 2.65. The number of morpholine rings is 1. The number of ether oxygens (including phenoxy) is 1. The number of hydrogen-bond donors (Lipinski definition) is 1. The Kier molecular flexibility index (Phi) is 7.54. The molecule has 1 atom stereocenters. The molecule has 0 saturated carbocycles. The van der Waals surface area contributed by atoms with Gasteiger partial charge < -0.3 is 19.8 Å². The van der Waals surface area contributed by atoms with Crippen LogP contribution in [0.5, 0.6) is 0 Å². The zero-order valence-electron chi connectivity index (χ0n) is 15.9. The summed E-state index contributed by atoms with van der Waals surface area (Å²) in [6.45, 7) is 8.05. The number of benzene rings is 1. The minimum atomic E-state index is -0.413. The zero-order valence-corrected chi connectivity index (χ0v) is 15.9. The van der Waals surface area contributed by atoms with Crippen LogP contribution in [0.2, 0.25) is 0 Å². The van der Waals surface area contributed by atoms with E-state index in [-0.39, 0.29) is 24.2 Å². The smallest absolute Gasteiger partial charge is 0.293 e. The summed E-state index contributed by atoms with van der Waals surface area (Å²) >= 11 is 0. The first-order chi connectivity index (χ1) is 12.9. The summed E-state index contributed by atoms with van der Waals surface area (Å²) in [4.78, 5) is 29.6. The molecule has 0 aromatic heterocycles. The molecule has 1 saturated heterocycles. The molecule has 1 amide bonds. The number of amides is 1. The van der Waals surface area contributed by atoms with E-state index in [9.17, 15) is 14.9 Å². The standard InChI is InChI=1S/C18H26N4O5/c1-13(2)14(3)20-18(23)12-27-19-11-15-4-5-16(17(10-15)22(24)25)21-6-8-26-9-7-21/h4-5,10-11,13-14H,6-9,12H2,1-3H3,(H,20,23)/b19-11-/t14-/m1/s1. The summed E-state index contributed by atoms with van der Waals surface area (Å²) < 4.78 is 5.29. The molecule has 1 aliphatic rings. The Hall–Kier alpha value is -2.68. The van der Waals surface area contributed by atoms with Gasteiger partial charge in [-0.2, -0.15) is 0 Å². The Morgan fingerprint density at radius 2 is 2.11 bits per heavy atom. The van der Waals surface area contributed by atoms with Crippen LogP contribution in [0.1, 0.15) is 26.3 Å². The predicted octanol–water partition coefficient (Wildman–Crippen LogP) is 1.94. The Balaban J connectivity index is 1.96. The van der Waals surface area contributed by atoms with Gasteiger partial charge in [-0.25, -0.2) is 0 Å². The molecule has 148 valence electrons. The molecule has 0 radical (unpaired) electrons. The largest absolute Gasteiger partial charge is 0.386 e. The predicted molar refractivity (Wildman–Crippen MR) is 102 cm³/mol. The van der Waals surface area contributed by atoms with E-state index in [4.69, 9.17) is 9.57 Å². The van der Waals surface area contributed by atoms with Gasteiger partial charge in [0.15, 0.2) is 6.61 Å². The van der Waals surface area contributed by atoms with Crippen molar-refractivity contribution in [2.45, 2.75) is 26.8 Å². The van der Waals surface area contributed by atoms with E-state index < -0.39 is 4.92 Å². The van der Waals surface area contributed by atoms with E-state index in [2.05, 4.69) is 10.5 Å². The number of nitrogens with one attached hydrogen (secondary N) is 1. The van der Waals surface area contributed by atoms with E-state index in [1.807, 2.05) is 25.7 Å². The lowest BCUT2D eigenvalue weighted by molar-refractivity contribution is -0.384. The Bertz CT molecular complexity index is 686. The Labute approximate surface area is 158 Å². The van der Waals surface area contributed by atoms with E-state index >= 15 is 0 Å². The van der Waals surface area contributed by atoms with Gasteiger partial charge in [0.05, 0.1) is 24.4 Å². The highest BCUT2D eigenvalue weighted by atomic mass is 16.6. The first-order valence-corrected chi connectivity index (χ1v) is 8.94. The maximum Gasteiger partial charge on any atom is 0.293 e. The molecule has 1 aromatic rings. The fourth-order valence-electron chi connectivity index (χ4n) is 2.49. The zero-order chi connectivity index (χ0) is 19.8. The molecule has 1 aromatic carbocycles. The SMILES string of the molecule is CC(C)[C@@H](C)NC(=O)CO/N=C\c1ccc(N2CCOCC2)c([N+](=O)[O-])c1. The number of rotatable bonds is 8. The molecule has 0 aliphatic carbocycles. The van der Waals surface area contributed by atoms with Gasteiger partial charge in [0.25, 0.3) is 11.6 Å². The van der Waals surface area contributed by atoms with Crippen LogP contribution in [0, 0.1) is 16.0 Å². The molecule has 0 unspecified atom stereocenters. The summed E-state index contributed by atoms with van der Waals surface area (Å²) in [6.07, 6.45) is 1.36. The summed E-state index contributed by atoms with van der Waals surface area (Å²) in [6, 6.07) is 4.91. The molecule has 1 N–H and O–H groups in total. The first kappa shape index (κ1) is 20.6. The molecule has 9 nitrogen and oxygen atoms in total. The number of nitro benzene ring substituents is 1. The minimum Gasteiger partial charge on any atom is -0.386 e.